The molecule has 0 saturated heterocycles. The molecule has 2 aromatic carbocycles. The van der Waals surface area contributed by atoms with Gasteiger partial charge in [-0.15, -0.1) is 0 Å². The minimum absolute atomic E-state index is 0.00756. The van der Waals surface area contributed by atoms with E-state index in [4.69, 9.17) is 17.0 Å². The maximum Gasteiger partial charge on any atom is 0.178 e. The molecule has 8 heteroatoms. The lowest BCUT2D eigenvalue weighted by Crippen LogP contribution is -2.17. The average Bonchev–Trinajstić information content (AvgIpc) is 3.00. The van der Waals surface area contributed by atoms with Crippen LogP contribution in [-0.4, -0.2) is 22.2 Å². The molecule has 1 heterocycles. The van der Waals surface area contributed by atoms with Gasteiger partial charge in [0, 0.05) is 24.1 Å². The summed E-state index contributed by atoms with van der Waals surface area (Å²) in [6, 6.07) is 5.32. The number of nitrogens with one attached hydrogen (secondary N) is 2. The third kappa shape index (κ3) is 2.91. The average molecular weight is 398 g/mol. The second-order valence-electron chi connectivity index (χ2n) is 4.66. The molecule has 3 aromatic rings. The summed E-state index contributed by atoms with van der Waals surface area (Å²) in [4.78, 5) is 0.234. The molecule has 0 amide bonds. The third-order valence-electron chi connectivity index (χ3n) is 3.22. The van der Waals surface area contributed by atoms with Gasteiger partial charge in [-0.1, -0.05) is 12.2 Å². The highest BCUT2D eigenvalue weighted by Crippen LogP contribution is 2.38. The summed E-state index contributed by atoms with van der Waals surface area (Å²) in [5.41, 5.74) is 0.721. The van der Waals surface area contributed by atoms with Crippen LogP contribution in [0.3, 0.4) is 0 Å². The Morgan fingerprint density at radius 1 is 1.30 bits per heavy atom. The smallest absolute Gasteiger partial charge is 0.178 e. The van der Waals surface area contributed by atoms with Crippen LogP contribution in [0.2, 0.25) is 0 Å². The molecule has 0 saturated carbocycles. The molecule has 118 valence electrons. The summed E-state index contributed by atoms with van der Waals surface area (Å²) < 4.78 is 34.0. The lowest BCUT2D eigenvalue weighted by Gasteiger charge is -2.12. The van der Waals surface area contributed by atoms with Gasteiger partial charge in [0.2, 0.25) is 0 Å². The van der Waals surface area contributed by atoms with Crippen LogP contribution in [-0.2, 0) is 0 Å². The molecule has 2 N–H and O–H groups in total. The van der Waals surface area contributed by atoms with Crippen LogP contribution in [0.15, 0.2) is 34.9 Å². The van der Waals surface area contributed by atoms with E-state index in [-0.39, 0.29) is 22.1 Å². The van der Waals surface area contributed by atoms with Gasteiger partial charge < -0.3 is 10.1 Å². The summed E-state index contributed by atoms with van der Waals surface area (Å²) in [5, 5.41) is 9.91. The van der Waals surface area contributed by atoms with Gasteiger partial charge >= 0.3 is 0 Å². The molecule has 23 heavy (non-hydrogen) atoms. The van der Waals surface area contributed by atoms with Crippen LogP contribution >= 0.6 is 28.1 Å². The number of hydrogen-bond acceptors (Lipinski definition) is 3. The van der Waals surface area contributed by atoms with Gasteiger partial charge in [0.25, 0.3) is 0 Å². The van der Waals surface area contributed by atoms with Crippen molar-refractivity contribution in [3.63, 3.8) is 0 Å². The molecule has 0 aliphatic carbocycles. The summed E-state index contributed by atoms with van der Waals surface area (Å²) in [6.07, 6.45) is 1.55. The van der Waals surface area contributed by atoms with Gasteiger partial charge in [0.1, 0.15) is 16.6 Å². The number of ether oxygens (including phenoxy) is 1. The van der Waals surface area contributed by atoms with Crippen LogP contribution in [0.1, 0.15) is 5.56 Å². The normalized spacial score (nSPS) is 10.8. The SMILES string of the molecule is CNC(=S)c1cc(Oc2c(F)cc3[nH]ncc3c2Br)ccc1F. The first-order valence-electron chi connectivity index (χ1n) is 6.52. The Kier molecular flexibility index (Phi) is 4.27. The molecule has 0 atom stereocenters. The van der Waals surface area contributed by atoms with Gasteiger partial charge in [-0.2, -0.15) is 5.10 Å². The molecule has 4 nitrogen and oxygen atoms in total. The summed E-state index contributed by atoms with van der Waals surface area (Å²) in [6.45, 7) is 0. The molecule has 0 fully saturated rings. The van der Waals surface area contributed by atoms with Crippen LogP contribution in [0, 0.1) is 11.6 Å². The molecule has 1 aromatic heterocycles. The number of thiocarbonyl (C=S) groups is 1. The molecule has 0 unspecified atom stereocenters. The minimum atomic E-state index is -0.573. The van der Waals surface area contributed by atoms with Gasteiger partial charge in [0.05, 0.1) is 16.2 Å². The van der Waals surface area contributed by atoms with E-state index in [2.05, 4.69) is 31.4 Å². The van der Waals surface area contributed by atoms with E-state index in [9.17, 15) is 8.78 Å². The Morgan fingerprint density at radius 2 is 2.09 bits per heavy atom. The Hall–Kier alpha value is -2.06. The second kappa shape index (κ2) is 6.21. The first-order valence-corrected chi connectivity index (χ1v) is 7.72. The van der Waals surface area contributed by atoms with Crippen molar-refractivity contribution in [1.29, 1.82) is 0 Å². The molecule has 0 spiro atoms. The number of benzene rings is 2. The van der Waals surface area contributed by atoms with Crippen LogP contribution in [0.5, 0.6) is 11.5 Å². The quantitative estimate of drug-likeness (QED) is 0.647. The first kappa shape index (κ1) is 15.8. The molecule has 0 bridgehead atoms. The number of hydrogen-bond donors (Lipinski definition) is 2. The number of aromatic nitrogens is 2. The van der Waals surface area contributed by atoms with E-state index in [0.29, 0.717) is 15.4 Å². The number of aromatic amines is 1. The molecule has 0 aliphatic rings. The third-order valence-corrected chi connectivity index (χ3v) is 4.43. The maximum absolute atomic E-state index is 14.2. The van der Waals surface area contributed by atoms with Gasteiger partial charge in [-0.3, -0.25) is 5.10 Å². The Balaban J connectivity index is 2.04. The largest absolute Gasteiger partial charge is 0.453 e. The molecule has 0 radical (unpaired) electrons. The molecular weight excluding hydrogens is 388 g/mol. The van der Waals surface area contributed by atoms with E-state index < -0.39 is 11.6 Å². The standard InChI is InChI=1S/C15H10BrF2N3OS/c1-19-15(23)8-4-7(2-3-10(8)17)22-14-11(18)5-12-9(13(14)16)6-20-21-12/h2-6H,1H3,(H,19,23)(H,20,21). The van der Waals surface area contributed by atoms with Crippen molar-refractivity contribution in [1.82, 2.24) is 15.5 Å². The maximum atomic E-state index is 14.2. The fourth-order valence-electron chi connectivity index (χ4n) is 2.09. The second-order valence-corrected chi connectivity index (χ2v) is 5.86. The highest BCUT2D eigenvalue weighted by atomic mass is 79.9. The highest BCUT2D eigenvalue weighted by molar-refractivity contribution is 9.10. The molecular formula is C15H10BrF2N3OS. The minimum Gasteiger partial charge on any atom is -0.453 e. The Bertz CT molecular complexity index is 913. The zero-order chi connectivity index (χ0) is 16.6. The topological polar surface area (TPSA) is 49.9 Å². The number of H-pyrrole nitrogens is 1. The van der Waals surface area contributed by atoms with Crippen molar-refractivity contribution in [3.05, 3.63) is 52.1 Å². The number of rotatable bonds is 3. The first-order chi connectivity index (χ1) is 11.0. The van der Waals surface area contributed by atoms with E-state index in [1.165, 1.54) is 24.3 Å². The Labute approximate surface area is 144 Å². The summed E-state index contributed by atoms with van der Waals surface area (Å²) >= 11 is 8.34. The van der Waals surface area contributed by atoms with Crippen molar-refractivity contribution < 1.29 is 13.5 Å². The van der Waals surface area contributed by atoms with Gasteiger partial charge in [0.15, 0.2) is 11.6 Å². The van der Waals surface area contributed by atoms with Crippen LogP contribution < -0.4 is 10.1 Å². The molecule has 0 aliphatic heterocycles. The lowest BCUT2D eigenvalue weighted by molar-refractivity contribution is 0.439. The fraction of sp³-hybridized carbons (Fsp3) is 0.0667. The van der Waals surface area contributed by atoms with Gasteiger partial charge in [-0.05, 0) is 34.1 Å². The van der Waals surface area contributed by atoms with Crippen molar-refractivity contribution >= 4 is 44.0 Å². The predicted octanol–water partition coefficient (Wildman–Crippen LogP) is 4.29. The van der Waals surface area contributed by atoms with E-state index in [0.717, 1.165) is 0 Å². The number of nitrogens with zero attached hydrogens (tertiary/aromatic N) is 1. The number of halogens is 3. The van der Waals surface area contributed by atoms with Crippen LogP contribution in [0.25, 0.3) is 10.9 Å². The fourth-order valence-corrected chi connectivity index (χ4v) is 2.83. The predicted molar refractivity (Wildman–Crippen MR) is 91.0 cm³/mol. The monoisotopic (exact) mass is 397 g/mol. The van der Waals surface area contributed by atoms with E-state index in [1.54, 1.807) is 13.2 Å². The number of fused-ring (bicyclic) bond motifs is 1. The van der Waals surface area contributed by atoms with Crippen molar-refractivity contribution in [2.45, 2.75) is 0 Å². The van der Waals surface area contributed by atoms with Gasteiger partial charge in [-0.25, -0.2) is 8.78 Å². The molecule has 3 rings (SSSR count). The summed E-state index contributed by atoms with van der Waals surface area (Å²) in [7, 11) is 1.60. The van der Waals surface area contributed by atoms with E-state index >= 15 is 0 Å². The Morgan fingerprint density at radius 3 is 2.83 bits per heavy atom. The lowest BCUT2D eigenvalue weighted by atomic mass is 10.2. The van der Waals surface area contributed by atoms with E-state index in [1.807, 2.05) is 0 Å². The van der Waals surface area contributed by atoms with Crippen molar-refractivity contribution in [2.75, 3.05) is 7.05 Å². The zero-order valence-electron chi connectivity index (χ0n) is 11.8. The van der Waals surface area contributed by atoms with Crippen molar-refractivity contribution in [3.8, 4) is 11.5 Å². The van der Waals surface area contributed by atoms with Crippen LogP contribution in [0.4, 0.5) is 8.78 Å². The highest BCUT2D eigenvalue weighted by Gasteiger charge is 2.16. The summed E-state index contributed by atoms with van der Waals surface area (Å²) in [5.74, 6) is -0.800. The zero-order valence-corrected chi connectivity index (χ0v) is 14.2. The van der Waals surface area contributed by atoms with Crippen molar-refractivity contribution in [2.24, 2.45) is 0 Å².